The van der Waals surface area contributed by atoms with Crippen LogP contribution in [0.4, 0.5) is 5.69 Å². The van der Waals surface area contributed by atoms with Gasteiger partial charge in [0.25, 0.3) is 5.91 Å². The fourth-order valence-corrected chi connectivity index (χ4v) is 1.35. The number of hydrogen-bond donors (Lipinski definition) is 2. The topological polar surface area (TPSA) is 58.6 Å². The van der Waals surface area contributed by atoms with Crippen LogP contribution in [0.25, 0.3) is 0 Å². The number of anilines is 1. The summed E-state index contributed by atoms with van der Waals surface area (Å²) in [6.07, 6.45) is 0.601. The molecule has 0 fully saturated rings. The van der Waals surface area contributed by atoms with Crippen molar-refractivity contribution in [3.05, 3.63) is 29.8 Å². The molecule has 0 aliphatic carbocycles. The van der Waals surface area contributed by atoms with Crippen molar-refractivity contribution in [3.63, 3.8) is 0 Å². The molecule has 4 heteroatoms. The Labute approximate surface area is 102 Å². The summed E-state index contributed by atoms with van der Waals surface area (Å²) in [7, 11) is 1.53. The first kappa shape index (κ1) is 13.7. The molecule has 2 N–H and O–H groups in total. The zero-order valence-corrected chi connectivity index (χ0v) is 10.5. The van der Waals surface area contributed by atoms with Crippen molar-refractivity contribution in [2.75, 3.05) is 12.4 Å². The number of rotatable bonds is 5. The molecule has 1 aromatic rings. The molecule has 0 heterocycles. The number of benzene rings is 1. The summed E-state index contributed by atoms with van der Waals surface area (Å²) in [5, 5.41) is 11.7. The first-order chi connectivity index (χ1) is 8.05. The van der Waals surface area contributed by atoms with Gasteiger partial charge in [0, 0.05) is 12.8 Å². The highest BCUT2D eigenvalue weighted by molar-refractivity contribution is 5.96. The van der Waals surface area contributed by atoms with Crippen LogP contribution in [0.15, 0.2) is 24.3 Å². The summed E-state index contributed by atoms with van der Waals surface area (Å²) in [5.41, 5.74) is 0.701. The summed E-state index contributed by atoms with van der Waals surface area (Å²) in [5.74, 6) is -0.167. The molecular weight excluding hydrogens is 218 g/mol. The van der Waals surface area contributed by atoms with Crippen LogP contribution < -0.4 is 5.32 Å². The Hall–Kier alpha value is -1.39. The minimum atomic E-state index is -0.810. The molecule has 0 aliphatic heterocycles. The molecule has 0 spiro atoms. The maximum Gasteiger partial charge on any atom is 0.256 e. The first-order valence-corrected chi connectivity index (χ1v) is 5.62. The molecule has 4 nitrogen and oxygen atoms in total. The number of methoxy groups -OCH3 is 1. The number of amides is 1. The molecule has 1 amide bonds. The number of ether oxygens (including phenoxy) is 1. The Bertz CT molecular complexity index is 369. The molecule has 94 valence electrons. The van der Waals surface area contributed by atoms with Gasteiger partial charge in [-0.2, -0.15) is 0 Å². The molecule has 1 aromatic carbocycles. The molecule has 1 unspecified atom stereocenters. The number of aliphatic hydroxyl groups excluding tert-OH is 1. The Balaban J connectivity index is 2.73. The van der Waals surface area contributed by atoms with Crippen LogP contribution in [-0.2, 0) is 16.1 Å². The van der Waals surface area contributed by atoms with E-state index in [1.165, 1.54) is 7.11 Å². The lowest BCUT2D eigenvalue weighted by atomic mass is 10.0. The minimum absolute atomic E-state index is 0.00102. The van der Waals surface area contributed by atoms with Crippen LogP contribution in [-0.4, -0.2) is 23.7 Å². The van der Waals surface area contributed by atoms with Crippen LogP contribution in [0.3, 0.4) is 0 Å². The van der Waals surface area contributed by atoms with Crippen molar-refractivity contribution in [2.24, 2.45) is 0 Å². The van der Waals surface area contributed by atoms with E-state index >= 15 is 0 Å². The predicted molar refractivity (Wildman–Crippen MR) is 66.7 cm³/mol. The van der Waals surface area contributed by atoms with E-state index in [-0.39, 0.29) is 12.5 Å². The summed E-state index contributed by atoms with van der Waals surface area (Å²) in [6, 6.07) is 7.06. The Morgan fingerprint density at radius 3 is 2.41 bits per heavy atom. The average Bonchev–Trinajstić information content (AvgIpc) is 2.38. The molecule has 0 bridgehead atoms. The smallest absolute Gasteiger partial charge is 0.256 e. The maximum absolute atomic E-state index is 12.0. The fourth-order valence-electron chi connectivity index (χ4n) is 1.35. The average molecular weight is 237 g/mol. The van der Waals surface area contributed by atoms with E-state index in [4.69, 9.17) is 9.84 Å². The van der Waals surface area contributed by atoms with Gasteiger partial charge in [-0.25, -0.2) is 0 Å². The zero-order valence-electron chi connectivity index (χ0n) is 10.5. The van der Waals surface area contributed by atoms with Gasteiger partial charge in [-0.3, -0.25) is 4.79 Å². The molecule has 0 saturated heterocycles. The summed E-state index contributed by atoms with van der Waals surface area (Å²) in [4.78, 5) is 12.0. The van der Waals surface area contributed by atoms with Crippen molar-refractivity contribution in [3.8, 4) is 0 Å². The van der Waals surface area contributed by atoms with Gasteiger partial charge >= 0.3 is 0 Å². The Kier molecular flexibility index (Phi) is 4.66. The van der Waals surface area contributed by atoms with E-state index in [1.54, 1.807) is 31.2 Å². The van der Waals surface area contributed by atoms with E-state index < -0.39 is 5.60 Å². The predicted octanol–water partition coefficient (Wildman–Crippen LogP) is 1.93. The van der Waals surface area contributed by atoms with Crippen LogP contribution in [0, 0.1) is 0 Å². The van der Waals surface area contributed by atoms with Gasteiger partial charge in [0.05, 0.1) is 6.61 Å². The number of carbonyl (C=O) groups is 1. The second-order valence-electron chi connectivity index (χ2n) is 4.10. The molecular formula is C13H19NO3. The normalized spacial score (nSPS) is 14.1. The summed E-state index contributed by atoms with van der Waals surface area (Å²) < 4.78 is 5.21. The number of aliphatic hydroxyl groups is 1. The van der Waals surface area contributed by atoms with E-state index in [2.05, 4.69) is 5.32 Å². The van der Waals surface area contributed by atoms with E-state index in [0.717, 1.165) is 5.56 Å². The van der Waals surface area contributed by atoms with Gasteiger partial charge < -0.3 is 15.2 Å². The van der Waals surface area contributed by atoms with Gasteiger partial charge in [-0.1, -0.05) is 19.1 Å². The highest BCUT2D eigenvalue weighted by Crippen LogP contribution is 2.18. The maximum atomic E-state index is 12.0. The van der Waals surface area contributed by atoms with E-state index in [9.17, 15) is 4.79 Å². The molecule has 0 aromatic heterocycles. The van der Waals surface area contributed by atoms with Gasteiger partial charge in [0.1, 0.15) is 5.60 Å². The largest absolute Gasteiger partial charge is 0.392 e. The fraction of sp³-hybridized carbons (Fsp3) is 0.462. The van der Waals surface area contributed by atoms with Gasteiger partial charge in [0.2, 0.25) is 0 Å². The summed E-state index contributed by atoms with van der Waals surface area (Å²) >= 11 is 0. The lowest BCUT2D eigenvalue weighted by Crippen LogP contribution is -2.41. The van der Waals surface area contributed by atoms with Gasteiger partial charge in [0.15, 0.2) is 0 Å². The van der Waals surface area contributed by atoms with Crippen LogP contribution >= 0.6 is 0 Å². The Morgan fingerprint density at radius 2 is 2.00 bits per heavy atom. The Morgan fingerprint density at radius 1 is 1.41 bits per heavy atom. The molecule has 1 atom stereocenters. The lowest BCUT2D eigenvalue weighted by Gasteiger charge is -2.25. The number of hydrogen-bond acceptors (Lipinski definition) is 3. The van der Waals surface area contributed by atoms with E-state index in [0.29, 0.717) is 12.1 Å². The van der Waals surface area contributed by atoms with Gasteiger partial charge in [-0.15, -0.1) is 0 Å². The van der Waals surface area contributed by atoms with Crippen LogP contribution in [0.5, 0.6) is 0 Å². The van der Waals surface area contributed by atoms with Crippen molar-refractivity contribution in [2.45, 2.75) is 32.5 Å². The lowest BCUT2D eigenvalue weighted by molar-refractivity contribution is -0.136. The third-order valence-corrected chi connectivity index (χ3v) is 3.00. The minimum Gasteiger partial charge on any atom is -0.392 e. The molecule has 0 radical (unpaired) electrons. The van der Waals surface area contributed by atoms with Crippen molar-refractivity contribution in [1.29, 1.82) is 0 Å². The standard InChI is InChI=1S/C13H19NO3/c1-4-13(2,17-3)12(16)14-11-7-5-10(9-15)6-8-11/h5-8,15H,4,9H2,1-3H3,(H,14,16). The SMILES string of the molecule is CCC(C)(OC)C(=O)Nc1ccc(CO)cc1. The first-order valence-electron chi connectivity index (χ1n) is 5.62. The highest BCUT2D eigenvalue weighted by Gasteiger charge is 2.30. The molecule has 0 saturated carbocycles. The quantitative estimate of drug-likeness (QED) is 0.822. The third-order valence-electron chi connectivity index (χ3n) is 3.00. The van der Waals surface area contributed by atoms with E-state index in [1.807, 2.05) is 6.92 Å². The number of nitrogens with one attached hydrogen (secondary N) is 1. The van der Waals surface area contributed by atoms with Crippen LogP contribution in [0.1, 0.15) is 25.8 Å². The molecule has 0 aliphatic rings. The number of carbonyl (C=O) groups excluding carboxylic acids is 1. The van der Waals surface area contributed by atoms with Gasteiger partial charge in [-0.05, 0) is 31.0 Å². The monoisotopic (exact) mass is 237 g/mol. The second-order valence-corrected chi connectivity index (χ2v) is 4.10. The second kappa shape index (κ2) is 5.80. The van der Waals surface area contributed by atoms with Crippen molar-refractivity contribution < 1.29 is 14.6 Å². The molecule has 17 heavy (non-hydrogen) atoms. The van der Waals surface area contributed by atoms with Crippen molar-refractivity contribution in [1.82, 2.24) is 0 Å². The third kappa shape index (κ3) is 3.28. The summed E-state index contributed by atoms with van der Waals surface area (Å²) in [6.45, 7) is 3.65. The zero-order chi connectivity index (χ0) is 12.9. The molecule has 1 rings (SSSR count). The van der Waals surface area contributed by atoms with Crippen LogP contribution in [0.2, 0.25) is 0 Å². The van der Waals surface area contributed by atoms with Crippen molar-refractivity contribution >= 4 is 11.6 Å². The highest BCUT2D eigenvalue weighted by atomic mass is 16.5.